The van der Waals surface area contributed by atoms with E-state index in [1.54, 1.807) is 0 Å². The van der Waals surface area contributed by atoms with Gasteiger partial charge in [0.1, 0.15) is 6.61 Å². The van der Waals surface area contributed by atoms with Crippen molar-refractivity contribution in [3.8, 4) is 11.5 Å². The Morgan fingerprint density at radius 2 is 1.48 bits per heavy atom. The molecule has 0 saturated carbocycles. The third-order valence-corrected chi connectivity index (χ3v) is 3.17. The Morgan fingerprint density at radius 3 is 2.19 bits per heavy atom. The molecule has 0 atom stereocenters. The third-order valence-electron chi connectivity index (χ3n) is 3.17. The van der Waals surface area contributed by atoms with E-state index in [0.29, 0.717) is 13.2 Å². The second-order valence-corrected chi connectivity index (χ2v) is 4.88. The molecule has 0 aromatic heterocycles. The number of ether oxygens (including phenoxy) is 2. The van der Waals surface area contributed by atoms with Gasteiger partial charge in [0.2, 0.25) is 0 Å². The molecule has 112 valence electrons. The number of nitrogens with one attached hydrogen (secondary N) is 1. The summed E-state index contributed by atoms with van der Waals surface area (Å²) in [6.07, 6.45) is 2.15. The van der Waals surface area contributed by atoms with Crippen molar-refractivity contribution in [2.24, 2.45) is 0 Å². The van der Waals surface area contributed by atoms with E-state index >= 15 is 0 Å². The molecule has 3 heteroatoms. The van der Waals surface area contributed by atoms with Crippen LogP contribution in [0, 0.1) is 0 Å². The first-order chi connectivity index (χ1) is 10.4. The minimum absolute atomic E-state index is 0.557. The van der Waals surface area contributed by atoms with E-state index in [9.17, 15) is 0 Å². The van der Waals surface area contributed by atoms with Crippen LogP contribution in [0.5, 0.6) is 11.5 Å². The topological polar surface area (TPSA) is 30.5 Å². The lowest BCUT2D eigenvalue weighted by molar-refractivity contribution is 0.258. The summed E-state index contributed by atoms with van der Waals surface area (Å²) in [4.78, 5) is 0. The van der Waals surface area contributed by atoms with Gasteiger partial charge >= 0.3 is 0 Å². The van der Waals surface area contributed by atoms with Gasteiger partial charge in [-0.3, -0.25) is 0 Å². The van der Waals surface area contributed by atoms with Gasteiger partial charge in [-0.2, -0.15) is 0 Å². The van der Waals surface area contributed by atoms with Crippen molar-refractivity contribution in [1.29, 1.82) is 0 Å². The van der Waals surface area contributed by atoms with Crippen LogP contribution in [0.4, 0.5) is 0 Å². The summed E-state index contributed by atoms with van der Waals surface area (Å²) in [6.45, 7) is 2.30. The molecule has 2 aromatic rings. The van der Waals surface area contributed by atoms with Crippen LogP contribution in [0.1, 0.15) is 18.4 Å². The number of hydrogen-bond donors (Lipinski definition) is 1. The number of unbranched alkanes of at least 4 members (excludes halogenated alkanes) is 1. The van der Waals surface area contributed by atoms with Crippen molar-refractivity contribution in [3.05, 3.63) is 60.2 Å². The monoisotopic (exact) mass is 285 g/mol. The van der Waals surface area contributed by atoms with Crippen molar-refractivity contribution in [2.45, 2.75) is 19.4 Å². The van der Waals surface area contributed by atoms with Gasteiger partial charge < -0.3 is 14.8 Å². The molecule has 0 fully saturated rings. The highest BCUT2D eigenvalue weighted by molar-refractivity contribution is 5.39. The fraction of sp³-hybridized carbons (Fsp3) is 0.333. The molecule has 0 bridgehead atoms. The Morgan fingerprint density at radius 1 is 0.810 bits per heavy atom. The number of hydrogen-bond acceptors (Lipinski definition) is 3. The molecule has 2 aromatic carbocycles. The zero-order valence-corrected chi connectivity index (χ0v) is 12.5. The molecule has 3 nitrogen and oxygen atoms in total. The summed E-state index contributed by atoms with van der Waals surface area (Å²) in [5.41, 5.74) is 1.15. The van der Waals surface area contributed by atoms with E-state index in [0.717, 1.165) is 36.4 Å². The Hall–Kier alpha value is -2.00. The zero-order chi connectivity index (χ0) is 14.8. The van der Waals surface area contributed by atoms with Crippen LogP contribution < -0.4 is 14.8 Å². The zero-order valence-electron chi connectivity index (χ0n) is 12.5. The lowest BCUT2D eigenvalue weighted by Gasteiger charge is -2.12. The molecule has 2 rings (SSSR count). The van der Waals surface area contributed by atoms with E-state index in [-0.39, 0.29) is 0 Å². The Balaban J connectivity index is 1.84. The molecule has 0 heterocycles. The minimum Gasteiger partial charge on any atom is -0.490 e. The van der Waals surface area contributed by atoms with Gasteiger partial charge in [0.25, 0.3) is 0 Å². The molecular formula is C18H23NO2. The average Bonchev–Trinajstić information content (AvgIpc) is 2.55. The average molecular weight is 285 g/mol. The van der Waals surface area contributed by atoms with Crippen LogP contribution in [0.3, 0.4) is 0 Å². The van der Waals surface area contributed by atoms with Crippen molar-refractivity contribution >= 4 is 0 Å². The number of para-hydroxylation sites is 2. The molecule has 1 N–H and O–H groups in total. The molecule has 0 aliphatic heterocycles. The van der Waals surface area contributed by atoms with Gasteiger partial charge in [0, 0.05) is 0 Å². The second kappa shape index (κ2) is 9.03. The van der Waals surface area contributed by atoms with Gasteiger partial charge in [0.05, 0.1) is 6.61 Å². The smallest absolute Gasteiger partial charge is 0.161 e. The van der Waals surface area contributed by atoms with E-state index in [2.05, 4.69) is 17.4 Å². The Kier molecular flexibility index (Phi) is 6.62. The predicted molar refractivity (Wildman–Crippen MR) is 85.9 cm³/mol. The highest BCUT2D eigenvalue weighted by Gasteiger charge is 2.04. The van der Waals surface area contributed by atoms with Gasteiger partial charge in [0.15, 0.2) is 11.5 Å². The predicted octanol–water partition coefficient (Wildman–Crippen LogP) is 3.64. The van der Waals surface area contributed by atoms with Crippen LogP contribution in [-0.4, -0.2) is 20.2 Å². The largest absolute Gasteiger partial charge is 0.490 e. The summed E-state index contributed by atoms with van der Waals surface area (Å²) in [5.74, 6) is 1.62. The van der Waals surface area contributed by atoms with Gasteiger partial charge in [-0.25, -0.2) is 0 Å². The molecule has 0 aliphatic carbocycles. The molecule has 21 heavy (non-hydrogen) atoms. The molecule has 0 radical (unpaired) electrons. The lowest BCUT2D eigenvalue weighted by atomic mass is 10.2. The second-order valence-electron chi connectivity index (χ2n) is 4.88. The van der Waals surface area contributed by atoms with Gasteiger partial charge in [-0.1, -0.05) is 42.5 Å². The standard InChI is InChI=1S/C18H23NO2/c1-19-13-7-8-14-20-17-11-5-6-12-18(17)21-15-16-9-3-2-4-10-16/h2-6,9-12,19H,7-8,13-15H2,1H3. The molecule has 0 unspecified atom stereocenters. The molecule has 0 spiro atoms. The maximum absolute atomic E-state index is 5.86. The minimum atomic E-state index is 0.557. The summed E-state index contributed by atoms with van der Waals surface area (Å²) in [6, 6.07) is 18.0. The van der Waals surface area contributed by atoms with Crippen molar-refractivity contribution in [2.75, 3.05) is 20.2 Å². The van der Waals surface area contributed by atoms with Crippen molar-refractivity contribution in [1.82, 2.24) is 5.32 Å². The highest BCUT2D eigenvalue weighted by Crippen LogP contribution is 2.27. The molecule has 0 aliphatic rings. The third kappa shape index (κ3) is 5.48. The molecular weight excluding hydrogens is 262 g/mol. The first-order valence-electron chi connectivity index (χ1n) is 7.43. The van der Waals surface area contributed by atoms with E-state index in [1.165, 1.54) is 0 Å². The molecule has 0 amide bonds. The van der Waals surface area contributed by atoms with Crippen LogP contribution >= 0.6 is 0 Å². The Bertz CT molecular complexity index is 514. The van der Waals surface area contributed by atoms with Gasteiger partial charge in [-0.15, -0.1) is 0 Å². The summed E-state index contributed by atoms with van der Waals surface area (Å²) in [7, 11) is 1.97. The summed E-state index contributed by atoms with van der Waals surface area (Å²) in [5, 5.41) is 3.14. The van der Waals surface area contributed by atoms with Gasteiger partial charge in [-0.05, 0) is 44.1 Å². The normalized spacial score (nSPS) is 10.3. The Labute approximate surface area is 126 Å². The summed E-state index contributed by atoms with van der Waals surface area (Å²) < 4.78 is 11.7. The highest BCUT2D eigenvalue weighted by atomic mass is 16.5. The van der Waals surface area contributed by atoms with Crippen molar-refractivity contribution in [3.63, 3.8) is 0 Å². The van der Waals surface area contributed by atoms with E-state index in [1.807, 2.05) is 49.5 Å². The van der Waals surface area contributed by atoms with Crippen LogP contribution in [-0.2, 0) is 6.61 Å². The first-order valence-corrected chi connectivity index (χ1v) is 7.43. The van der Waals surface area contributed by atoms with Crippen molar-refractivity contribution < 1.29 is 9.47 Å². The van der Waals surface area contributed by atoms with Crippen LogP contribution in [0.15, 0.2) is 54.6 Å². The number of rotatable bonds is 9. The molecule has 0 saturated heterocycles. The fourth-order valence-corrected chi connectivity index (χ4v) is 2.01. The first kappa shape index (κ1) is 15.4. The summed E-state index contributed by atoms with van der Waals surface area (Å²) >= 11 is 0. The van der Waals surface area contributed by atoms with Crippen LogP contribution in [0.2, 0.25) is 0 Å². The van der Waals surface area contributed by atoms with E-state index < -0.39 is 0 Å². The lowest BCUT2D eigenvalue weighted by Crippen LogP contribution is -2.09. The quantitative estimate of drug-likeness (QED) is 0.713. The maximum Gasteiger partial charge on any atom is 0.161 e. The number of benzene rings is 2. The maximum atomic E-state index is 5.86. The van der Waals surface area contributed by atoms with E-state index in [4.69, 9.17) is 9.47 Å². The SMILES string of the molecule is CNCCCCOc1ccccc1OCc1ccccc1. The van der Waals surface area contributed by atoms with Crippen LogP contribution in [0.25, 0.3) is 0 Å². The fourth-order valence-electron chi connectivity index (χ4n) is 2.01.